The summed E-state index contributed by atoms with van der Waals surface area (Å²) in [4.78, 5) is 12.2. The maximum absolute atomic E-state index is 12.2. The van der Waals surface area contributed by atoms with E-state index < -0.39 is 0 Å². The molecule has 0 unspecified atom stereocenters. The van der Waals surface area contributed by atoms with Crippen LogP contribution in [0.4, 0.5) is 11.4 Å². The average molecular weight is 303 g/mol. The second-order valence-corrected chi connectivity index (χ2v) is 5.28. The zero-order valence-electron chi connectivity index (χ0n) is 12.2. The number of carbonyl (C=O) groups excluding carboxylic acids is 1. The molecule has 0 aliphatic carbocycles. The molecule has 0 aliphatic heterocycles. The minimum Gasteiger partial charge on any atom is -0.385 e. The van der Waals surface area contributed by atoms with Crippen molar-refractivity contribution in [1.82, 2.24) is 0 Å². The molecule has 2 aromatic carbocycles. The molecule has 0 aromatic heterocycles. The van der Waals surface area contributed by atoms with Crippen LogP contribution in [0.3, 0.4) is 0 Å². The number of hydrogen-bond acceptors (Lipinski definition) is 2. The molecule has 0 spiro atoms. The number of amides is 1. The van der Waals surface area contributed by atoms with Gasteiger partial charge in [-0.1, -0.05) is 24.6 Å². The van der Waals surface area contributed by atoms with Crippen molar-refractivity contribution in [2.45, 2.75) is 20.3 Å². The van der Waals surface area contributed by atoms with Gasteiger partial charge >= 0.3 is 0 Å². The number of nitrogens with one attached hydrogen (secondary N) is 2. The lowest BCUT2D eigenvalue weighted by Crippen LogP contribution is -2.13. The first-order valence-electron chi connectivity index (χ1n) is 7.02. The van der Waals surface area contributed by atoms with Gasteiger partial charge < -0.3 is 10.6 Å². The third kappa shape index (κ3) is 3.99. The smallest absolute Gasteiger partial charge is 0.255 e. The van der Waals surface area contributed by atoms with Crippen LogP contribution in [0.5, 0.6) is 0 Å². The molecule has 2 N–H and O–H groups in total. The van der Waals surface area contributed by atoms with Gasteiger partial charge in [-0.3, -0.25) is 4.79 Å². The maximum atomic E-state index is 12.2. The van der Waals surface area contributed by atoms with E-state index in [0.29, 0.717) is 10.6 Å². The van der Waals surface area contributed by atoms with E-state index in [1.165, 1.54) is 0 Å². The van der Waals surface area contributed by atoms with Crippen molar-refractivity contribution in [3.8, 4) is 0 Å². The number of carbonyl (C=O) groups is 1. The van der Waals surface area contributed by atoms with E-state index >= 15 is 0 Å². The SMILES string of the molecule is CCCNc1ccc(C(=O)Nc2cccc(Cl)c2C)cc1. The van der Waals surface area contributed by atoms with Crippen molar-refractivity contribution in [2.24, 2.45) is 0 Å². The highest BCUT2D eigenvalue weighted by Gasteiger charge is 2.08. The Bertz CT molecular complexity index is 623. The molecule has 2 rings (SSSR count). The second kappa shape index (κ2) is 7.14. The third-order valence-electron chi connectivity index (χ3n) is 3.24. The van der Waals surface area contributed by atoms with Gasteiger partial charge in [0.2, 0.25) is 0 Å². The van der Waals surface area contributed by atoms with E-state index in [2.05, 4.69) is 17.6 Å². The highest BCUT2D eigenvalue weighted by molar-refractivity contribution is 6.31. The lowest BCUT2D eigenvalue weighted by atomic mass is 10.1. The summed E-state index contributed by atoms with van der Waals surface area (Å²) in [6, 6.07) is 12.9. The van der Waals surface area contributed by atoms with E-state index in [-0.39, 0.29) is 5.91 Å². The zero-order chi connectivity index (χ0) is 15.2. The van der Waals surface area contributed by atoms with Crippen molar-refractivity contribution in [2.75, 3.05) is 17.2 Å². The first-order valence-corrected chi connectivity index (χ1v) is 7.40. The fourth-order valence-electron chi connectivity index (χ4n) is 1.95. The Balaban J connectivity index is 2.08. The molecule has 0 bridgehead atoms. The largest absolute Gasteiger partial charge is 0.385 e. The van der Waals surface area contributed by atoms with Crippen LogP contribution in [0.1, 0.15) is 29.3 Å². The van der Waals surface area contributed by atoms with Crippen molar-refractivity contribution >= 4 is 28.9 Å². The van der Waals surface area contributed by atoms with Crippen LogP contribution < -0.4 is 10.6 Å². The summed E-state index contributed by atoms with van der Waals surface area (Å²) in [6.45, 7) is 4.92. The van der Waals surface area contributed by atoms with Gasteiger partial charge in [0.25, 0.3) is 5.91 Å². The zero-order valence-corrected chi connectivity index (χ0v) is 13.0. The highest BCUT2D eigenvalue weighted by Crippen LogP contribution is 2.23. The first kappa shape index (κ1) is 15.4. The Hall–Kier alpha value is -2.00. The Morgan fingerprint density at radius 3 is 2.52 bits per heavy atom. The Morgan fingerprint density at radius 2 is 1.86 bits per heavy atom. The van der Waals surface area contributed by atoms with E-state index in [9.17, 15) is 4.79 Å². The average Bonchev–Trinajstić information content (AvgIpc) is 2.50. The predicted molar refractivity (Wildman–Crippen MR) is 89.4 cm³/mol. The van der Waals surface area contributed by atoms with Gasteiger partial charge in [-0.25, -0.2) is 0 Å². The first-order chi connectivity index (χ1) is 10.1. The van der Waals surface area contributed by atoms with Crippen LogP contribution in [0.15, 0.2) is 42.5 Å². The topological polar surface area (TPSA) is 41.1 Å². The molecule has 110 valence electrons. The van der Waals surface area contributed by atoms with Crippen LogP contribution in [0.25, 0.3) is 0 Å². The number of anilines is 2. The molecule has 0 aliphatic rings. The quantitative estimate of drug-likeness (QED) is 0.839. The number of rotatable bonds is 5. The van der Waals surface area contributed by atoms with Crippen LogP contribution in [0, 0.1) is 6.92 Å². The van der Waals surface area contributed by atoms with Crippen LogP contribution >= 0.6 is 11.6 Å². The van der Waals surface area contributed by atoms with Crippen molar-refractivity contribution in [1.29, 1.82) is 0 Å². The minimum absolute atomic E-state index is 0.137. The Labute approximate surface area is 130 Å². The summed E-state index contributed by atoms with van der Waals surface area (Å²) in [5.74, 6) is -0.137. The summed E-state index contributed by atoms with van der Waals surface area (Å²) < 4.78 is 0. The molecule has 0 saturated carbocycles. The van der Waals surface area contributed by atoms with Gasteiger partial charge in [0, 0.05) is 28.5 Å². The summed E-state index contributed by atoms with van der Waals surface area (Å²) in [7, 11) is 0. The normalized spacial score (nSPS) is 10.2. The molecule has 0 atom stereocenters. The number of hydrogen-bond donors (Lipinski definition) is 2. The van der Waals surface area contributed by atoms with E-state index in [0.717, 1.165) is 29.9 Å². The fourth-order valence-corrected chi connectivity index (χ4v) is 2.12. The Kier molecular flexibility index (Phi) is 5.23. The molecule has 1 amide bonds. The van der Waals surface area contributed by atoms with Crippen LogP contribution in [-0.4, -0.2) is 12.5 Å². The van der Waals surface area contributed by atoms with Crippen LogP contribution in [0.2, 0.25) is 5.02 Å². The Morgan fingerprint density at radius 1 is 1.14 bits per heavy atom. The minimum atomic E-state index is -0.137. The molecular weight excluding hydrogens is 284 g/mol. The predicted octanol–water partition coefficient (Wildman–Crippen LogP) is 4.72. The molecule has 21 heavy (non-hydrogen) atoms. The number of benzene rings is 2. The molecule has 0 fully saturated rings. The van der Waals surface area contributed by atoms with E-state index in [4.69, 9.17) is 11.6 Å². The van der Waals surface area contributed by atoms with Gasteiger partial charge in [-0.2, -0.15) is 0 Å². The lowest BCUT2D eigenvalue weighted by molar-refractivity contribution is 0.102. The van der Waals surface area contributed by atoms with Gasteiger partial charge in [-0.15, -0.1) is 0 Å². The molecule has 0 radical (unpaired) electrons. The summed E-state index contributed by atoms with van der Waals surface area (Å²) >= 11 is 6.05. The van der Waals surface area contributed by atoms with Gasteiger partial charge in [0.1, 0.15) is 0 Å². The summed E-state index contributed by atoms with van der Waals surface area (Å²) in [6.07, 6.45) is 1.07. The summed E-state index contributed by atoms with van der Waals surface area (Å²) in [5, 5.41) is 6.81. The molecule has 3 nitrogen and oxygen atoms in total. The van der Waals surface area contributed by atoms with Crippen LogP contribution in [-0.2, 0) is 0 Å². The van der Waals surface area contributed by atoms with Gasteiger partial charge in [0.05, 0.1) is 0 Å². The maximum Gasteiger partial charge on any atom is 0.255 e. The summed E-state index contributed by atoms with van der Waals surface area (Å²) in [5.41, 5.74) is 3.25. The molecule has 0 saturated heterocycles. The van der Waals surface area contributed by atoms with Crippen molar-refractivity contribution in [3.05, 3.63) is 58.6 Å². The molecule has 0 heterocycles. The van der Waals surface area contributed by atoms with E-state index in [1.807, 2.05) is 43.3 Å². The van der Waals surface area contributed by atoms with Gasteiger partial charge in [-0.05, 0) is 55.3 Å². The molecule has 2 aromatic rings. The number of halogens is 1. The second-order valence-electron chi connectivity index (χ2n) is 4.87. The third-order valence-corrected chi connectivity index (χ3v) is 3.65. The highest BCUT2D eigenvalue weighted by atomic mass is 35.5. The van der Waals surface area contributed by atoms with Crippen molar-refractivity contribution in [3.63, 3.8) is 0 Å². The molecular formula is C17H19ClN2O. The van der Waals surface area contributed by atoms with Gasteiger partial charge in [0.15, 0.2) is 0 Å². The monoisotopic (exact) mass is 302 g/mol. The fraction of sp³-hybridized carbons (Fsp3) is 0.235. The van der Waals surface area contributed by atoms with Crippen molar-refractivity contribution < 1.29 is 4.79 Å². The standard InChI is InChI=1S/C17H19ClN2O/c1-3-11-19-14-9-7-13(8-10-14)17(21)20-16-6-4-5-15(18)12(16)2/h4-10,19H,3,11H2,1-2H3,(H,20,21). The lowest BCUT2D eigenvalue weighted by Gasteiger charge is -2.10. The van der Waals surface area contributed by atoms with E-state index in [1.54, 1.807) is 6.07 Å². The molecule has 4 heteroatoms.